The smallest absolute Gasteiger partial charge is 0.193 e. The lowest BCUT2D eigenvalue weighted by atomic mass is 10.2. The van der Waals surface area contributed by atoms with Crippen molar-refractivity contribution in [2.45, 2.75) is 13.0 Å². The number of rotatable bonds is 6. The van der Waals surface area contributed by atoms with E-state index in [2.05, 4.69) is 41.3 Å². The highest BCUT2D eigenvalue weighted by Gasteiger charge is 2.09. The minimum absolute atomic E-state index is 0.232. The fourth-order valence-corrected chi connectivity index (χ4v) is 2.20. The highest BCUT2D eigenvalue weighted by atomic mass is 16.5. The van der Waals surface area contributed by atoms with E-state index in [0.717, 1.165) is 17.1 Å². The van der Waals surface area contributed by atoms with Crippen LogP contribution in [0.1, 0.15) is 6.92 Å². The van der Waals surface area contributed by atoms with Gasteiger partial charge in [0.25, 0.3) is 0 Å². The summed E-state index contributed by atoms with van der Waals surface area (Å²) in [5.41, 5.74) is 7.95. The van der Waals surface area contributed by atoms with E-state index in [4.69, 9.17) is 10.5 Å². The molecule has 5 nitrogen and oxygen atoms in total. The number of benzene rings is 2. The number of anilines is 2. The summed E-state index contributed by atoms with van der Waals surface area (Å²) in [5.74, 6) is 1.11. The van der Waals surface area contributed by atoms with Gasteiger partial charge < -0.3 is 20.7 Å². The molecule has 0 radical (unpaired) electrons. The third kappa shape index (κ3) is 4.64. The summed E-state index contributed by atoms with van der Waals surface area (Å²) in [6.07, 6.45) is 0. The van der Waals surface area contributed by atoms with E-state index in [1.54, 1.807) is 7.11 Å². The van der Waals surface area contributed by atoms with Gasteiger partial charge in [0, 0.05) is 18.8 Å². The summed E-state index contributed by atoms with van der Waals surface area (Å²) in [7, 11) is 3.68. The van der Waals surface area contributed by atoms with Crippen LogP contribution < -0.4 is 20.7 Å². The van der Waals surface area contributed by atoms with E-state index in [1.807, 2.05) is 42.5 Å². The number of hydrogen-bond donors (Lipinski definition) is 2. The normalized spacial score (nSPS) is 12.6. The molecule has 0 fully saturated rings. The van der Waals surface area contributed by atoms with Gasteiger partial charge in [-0.2, -0.15) is 0 Å². The average Bonchev–Trinajstić information content (AvgIpc) is 2.60. The molecule has 0 aliphatic rings. The van der Waals surface area contributed by atoms with Crippen molar-refractivity contribution in [3.8, 4) is 5.75 Å². The van der Waals surface area contributed by atoms with Crippen LogP contribution in [-0.2, 0) is 0 Å². The molecule has 0 heterocycles. The molecule has 23 heavy (non-hydrogen) atoms. The van der Waals surface area contributed by atoms with Crippen molar-refractivity contribution in [3.63, 3.8) is 0 Å². The largest absolute Gasteiger partial charge is 0.495 e. The fraction of sp³-hybridized carbons (Fsp3) is 0.278. The quantitative estimate of drug-likeness (QED) is 0.636. The molecule has 0 aliphatic carbocycles. The van der Waals surface area contributed by atoms with Crippen LogP contribution in [0.25, 0.3) is 0 Å². The highest BCUT2D eigenvalue weighted by molar-refractivity contribution is 5.93. The molecule has 2 aromatic carbocycles. The Labute approximate surface area is 137 Å². The Balaban J connectivity index is 1.96. The van der Waals surface area contributed by atoms with E-state index >= 15 is 0 Å². The monoisotopic (exact) mass is 312 g/mol. The summed E-state index contributed by atoms with van der Waals surface area (Å²) in [4.78, 5) is 6.61. The number of hydrogen-bond acceptors (Lipinski definition) is 3. The molecule has 0 bridgehead atoms. The standard InChI is InChI=1S/C18H24N4O/c1-14(22(2)15-9-5-4-6-10-15)13-20-18(19)21-16-11-7-8-12-17(16)23-3/h4-12,14H,13H2,1-3H3,(H3,19,20,21). The van der Waals surface area contributed by atoms with Crippen molar-refractivity contribution in [3.05, 3.63) is 54.6 Å². The zero-order chi connectivity index (χ0) is 16.7. The number of nitrogens with zero attached hydrogens (tertiary/aromatic N) is 2. The van der Waals surface area contributed by atoms with Crippen molar-refractivity contribution in [2.75, 3.05) is 30.9 Å². The van der Waals surface area contributed by atoms with Gasteiger partial charge in [0.1, 0.15) is 5.75 Å². The number of methoxy groups -OCH3 is 1. The molecule has 0 saturated carbocycles. The molecule has 5 heteroatoms. The molecular weight excluding hydrogens is 288 g/mol. The van der Waals surface area contributed by atoms with Gasteiger partial charge in [-0.05, 0) is 31.2 Å². The lowest BCUT2D eigenvalue weighted by Gasteiger charge is -2.25. The Morgan fingerprint density at radius 1 is 1.17 bits per heavy atom. The molecule has 122 valence electrons. The number of nitrogens with one attached hydrogen (secondary N) is 1. The van der Waals surface area contributed by atoms with Crippen LogP contribution in [0.15, 0.2) is 59.6 Å². The molecule has 0 spiro atoms. The van der Waals surface area contributed by atoms with Gasteiger partial charge >= 0.3 is 0 Å². The Morgan fingerprint density at radius 3 is 2.52 bits per heavy atom. The summed E-state index contributed by atoms with van der Waals surface area (Å²) < 4.78 is 5.29. The van der Waals surface area contributed by atoms with Crippen molar-refractivity contribution in [1.29, 1.82) is 0 Å². The molecule has 1 atom stereocenters. The van der Waals surface area contributed by atoms with Crippen LogP contribution >= 0.6 is 0 Å². The van der Waals surface area contributed by atoms with E-state index in [1.165, 1.54) is 0 Å². The maximum Gasteiger partial charge on any atom is 0.193 e. The molecule has 0 amide bonds. The Morgan fingerprint density at radius 2 is 1.83 bits per heavy atom. The zero-order valence-electron chi connectivity index (χ0n) is 13.9. The number of aliphatic imine (C=N–C) groups is 1. The van der Waals surface area contributed by atoms with Gasteiger partial charge in [-0.1, -0.05) is 30.3 Å². The van der Waals surface area contributed by atoms with E-state index in [0.29, 0.717) is 12.5 Å². The van der Waals surface area contributed by atoms with Crippen molar-refractivity contribution in [2.24, 2.45) is 10.7 Å². The summed E-state index contributed by atoms with van der Waals surface area (Å²) in [6, 6.07) is 18.1. The van der Waals surface area contributed by atoms with Crippen LogP contribution in [0.4, 0.5) is 11.4 Å². The molecule has 0 aromatic heterocycles. The van der Waals surface area contributed by atoms with Gasteiger partial charge in [-0.3, -0.25) is 4.99 Å². The fourth-order valence-electron chi connectivity index (χ4n) is 2.20. The third-order valence-corrected chi connectivity index (χ3v) is 3.72. The van der Waals surface area contributed by atoms with Gasteiger partial charge in [0.2, 0.25) is 0 Å². The number of likely N-dealkylation sites (N-methyl/N-ethyl adjacent to an activating group) is 1. The van der Waals surface area contributed by atoms with E-state index < -0.39 is 0 Å². The zero-order valence-corrected chi connectivity index (χ0v) is 13.9. The lowest BCUT2D eigenvalue weighted by Crippen LogP contribution is -2.33. The van der Waals surface area contributed by atoms with Crippen LogP contribution in [0.5, 0.6) is 5.75 Å². The minimum atomic E-state index is 0.232. The molecule has 2 aromatic rings. The first-order chi connectivity index (χ1) is 11.1. The number of guanidine groups is 1. The van der Waals surface area contributed by atoms with Gasteiger partial charge in [-0.25, -0.2) is 0 Å². The molecule has 2 rings (SSSR count). The SMILES string of the molecule is COc1ccccc1NC(N)=NCC(C)N(C)c1ccccc1. The summed E-state index contributed by atoms with van der Waals surface area (Å²) in [6.45, 7) is 2.71. The molecule has 1 unspecified atom stereocenters. The second kappa shape index (κ2) is 8.08. The predicted molar refractivity (Wildman–Crippen MR) is 97.4 cm³/mol. The number of nitrogens with two attached hydrogens (primary N) is 1. The van der Waals surface area contributed by atoms with E-state index in [-0.39, 0.29) is 6.04 Å². The molecule has 0 saturated heterocycles. The predicted octanol–water partition coefficient (Wildman–Crippen LogP) is 2.95. The third-order valence-electron chi connectivity index (χ3n) is 3.72. The molecule has 0 aliphatic heterocycles. The number of ether oxygens (including phenoxy) is 1. The van der Waals surface area contributed by atoms with E-state index in [9.17, 15) is 0 Å². The second-order valence-electron chi connectivity index (χ2n) is 5.35. The van der Waals surface area contributed by atoms with Crippen LogP contribution in [0.2, 0.25) is 0 Å². The Hall–Kier alpha value is -2.69. The topological polar surface area (TPSA) is 62.9 Å². The first-order valence-electron chi connectivity index (χ1n) is 7.59. The average molecular weight is 312 g/mol. The second-order valence-corrected chi connectivity index (χ2v) is 5.35. The highest BCUT2D eigenvalue weighted by Crippen LogP contribution is 2.22. The summed E-state index contributed by atoms with van der Waals surface area (Å²) in [5, 5.41) is 3.08. The van der Waals surface area contributed by atoms with Crippen LogP contribution in [-0.4, -0.2) is 32.7 Å². The molecule has 3 N–H and O–H groups in total. The maximum atomic E-state index is 5.98. The minimum Gasteiger partial charge on any atom is -0.495 e. The van der Waals surface area contributed by atoms with Crippen molar-refractivity contribution in [1.82, 2.24) is 0 Å². The molecular formula is C18H24N4O. The Bertz CT molecular complexity index is 642. The first kappa shape index (κ1) is 16.7. The van der Waals surface area contributed by atoms with Gasteiger partial charge in [-0.15, -0.1) is 0 Å². The van der Waals surface area contributed by atoms with Crippen molar-refractivity contribution < 1.29 is 4.74 Å². The lowest BCUT2D eigenvalue weighted by molar-refractivity contribution is 0.417. The number of para-hydroxylation sites is 3. The maximum absolute atomic E-state index is 5.98. The summed E-state index contributed by atoms with van der Waals surface area (Å²) >= 11 is 0. The Kier molecular flexibility index (Phi) is 5.86. The van der Waals surface area contributed by atoms with Gasteiger partial charge in [0.05, 0.1) is 19.3 Å². The van der Waals surface area contributed by atoms with Gasteiger partial charge in [0.15, 0.2) is 5.96 Å². The van der Waals surface area contributed by atoms with Crippen LogP contribution in [0.3, 0.4) is 0 Å². The van der Waals surface area contributed by atoms with Crippen molar-refractivity contribution >= 4 is 17.3 Å². The first-order valence-corrected chi connectivity index (χ1v) is 7.59. The van der Waals surface area contributed by atoms with Crippen LogP contribution in [0, 0.1) is 0 Å².